The standard InChI is InChI=1S/C16H16N.C5H10O2/c1-2-6-14-10-17(9-13(14)5-1)11-15-7-3-4-8-16(15)12-17;1-3-4(2)5(6)7/h1-8H,9-12H2;4H,3H2,1-2H3,(H,6,7)/q+1;. The lowest BCUT2D eigenvalue weighted by atomic mass is 10.1. The van der Waals surface area contributed by atoms with Crippen LogP contribution in [0.4, 0.5) is 0 Å². The molecule has 0 saturated carbocycles. The van der Waals surface area contributed by atoms with Crippen LogP contribution >= 0.6 is 0 Å². The molecule has 2 aliphatic rings. The van der Waals surface area contributed by atoms with E-state index in [1.54, 1.807) is 29.2 Å². The monoisotopic (exact) mass is 324 g/mol. The predicted molar refractivity (Wildman–Crippen MR) is 95.1 cm³/mol. The first-order chi connectivity index (χ1) is 11.5. The summed E-state index contributed by atoms with van der Waals surface area (Å²) in [5, 5.41) is 8.18. The SMILES string of the molecule is CCC(C)C(=O)O.c1ccc2c(c1)C[N+]1(C2)Cc2ccccc2C1. The molecule has 1 unspecified atom stereocenters. The summed E-state index contributed by atoms with van der Waals surface area (Å²) < 4.78 is 1.22. The average molecular weight is 324 g/mol. The molecule has 1 spiro atoms. The van der Waals surface area contributed by atoms with Gasteiger partial charge in [0, 0.05) is 22.3 Å². The molecule has 0 radical (unpaired) electrons. The number of quaternary nitrogens is 1. The fraction of sp³-hybridized carbons (Fsp3) is 0.381. The van der Waals surface area contributed by atoms with E-state index in [-0.39, 0.29) is 5.92 Å². The zero-order valence-electron chi connectivity index (χ0n) is 14.5. The molecule has 0 aromatic heterocycles. The summed E-state index contributed by atoms with van der Waals surface area (Å²) in [7, 11) is 0. The molecule has 4 rings (SSSR count). The van der Waals surface area contributed by atoms with Crippen molar-refractivity contribution in [1.82, 2.24) is 0 Å². The van der Waals surface area contributed by atoms with Gasteiger partial charge in [0.1, 0.15) is 26.2 Å². The van der Waals surface area contributed by atoms with E-state index in [9.17, 15) is 4.79 Å². The van der Waals surface area contributed by atoms with Crippen molar-refractivity contribution in [3.63, 3.8) is 0 Å². The van der Waals surface area contributed by atoms with Crippen molar-refractivity contribution >= 4 is 5.97 Å². The summed E-state index contributed by atoms with van der Waals surface area (Å²) in [5.74, 6) is -0.887. The molecule has 0 fully saturated rings. The fourth-order valence-electron chi connectivity index (χ4n) is 3.69. The van der Waals surface area contributed by atoms with E-state index in [2.05, 4.69) is 48.5 Å². The van der Waals surface area contributed by atoms with Crippen molar-refractivity contribution in [3.8, 4) is 0 Å². The second-order valence-electron chi connectivity index (χ2n) is 7.16. The van der Waals surface area contributed by atoms with E-state index in [4.69, 9.17) is 5.11 Å². The maximum atomic E-state index is 9.93. The van der Waals surface area contributed by atoms with Crippen LogP contribution < -0.4 is 0 Å². The number of hydrogen-bond acceptors (Lipinski definition) is 1. The van der Waals surface area contributed by atoms with Crippen molar-refractivity contribution in [3.05, 3.63) is 70.8 Å². The van der Waals surface area contributed by atoms with Gasteiger partial charge in [-0.1, -0.05) is 62.4 Å². The van der Waals surface area contributed by atoms with E-state index in [1.807, 2.05) is 6.92 Å². The topological polar surface area (TPSA) is 37.3 Å². The summed E-state index contributed by atoms with van der Waals surface area (Å²) in [5.41, 5.74) is 6.22. The second-order valence-corrected chi connectivity index (χ2v) is 7.16. The van der Waals surface area contributed by atoms with Crippen molar-refractivity contribution in [2.45, 2.75) is 46.4 Å². The van der Waals surface area contributed by atoms with Crippen LogP contribution in [-0.4, -0.2) is 15.6 Å². The molecule has 0 aliphatic carbocycles. The number of aliphatic carboxylic acids is 1. The van der Waals surface area contributed by atoms with Gasteiger partial charge in [0.05, 0.1) is 5.92 Å². The Morgan fingerprint density at radius 2 is 1.25 bits per heavy atom. The highest BCUT2D eigenvalue weighted by Gasteiger charge is 2.40. The van der Waals surface area contributed by atoms with Crippen LogP contribution in [0.15, 0.2) is 48.5 Å². The first-order valence-corrected chi connectivity index (χ1v) is 8.74. The van der Waals surface area contributed by atoms with Gasteiger partial charge in [-0.3, -0.25) is 4.79 Å². The van der Waals surface area contributed by atoms with Crippen LogP contribution in [0.5, 0.6) is 0 Å². The third-order valence-electron chi connectivity index (χ3n) is 5.29. The van der Waals surface area contributed by atoms with Crippen LogP contribution in [0, 0.1) is 5.92 Å². The summed E-state index contributed by atoms with van der Waals surface area (Å²) in [6, 6.07) is 17.9. The summed E-state index contributed by atoms with van der Waals surface area (Å²) in [6.45, 7) is 8.41. The molecule has 2 aromatic rings. The minimum absolute atomic E-state index is 0.181. The van der Waals surface area contributed by atoms with Gasteiger partial charge >= 0.3 is 5.97 Å². The molecule has 2 heterocycles. The van der Waals surface area contributed by atoms with Gasteiger partial charge < -0.3 is 9.59 Å². The molecular weight excluding hydrogens is 298 g/mol. The van der Waals surface area contributed by atoms with E-state index in [1.165, 1.54) is 30.7 Å². The van der Waals surface area contributed by atoms with E-state index < -0.39 is 5.97 Å². The smallest absolute Gasteiger partial charge is 0.306 e. The number of carboxylic acid groups (broad SMARTS) is 1. The second kappa shape index (κ2) is 6.78. The van der Waals surface area contributed by atoms with Crippen molar-refractivity contribution in [2.24, 2.45) is 5.92 Å². The Bertz CT molecular complexity index is 631. The fourth-order valence-corrected chi connectivity index (χ4v) is 3.69. The summed E-state index contributed by atoms with van der Waals surface area (Å²) in [4.78, 5) is 9.93. The molecule has 0 saturated heterocycles. The number of carbonyl (C=O) groups is 1. The third-order valence-corrected chi connectivity index (χ3v) is 5.29. The maximum Gasteiger partial charge on any atom is 0.306 e. The quantitative estimate of drug-likeness (QED) is 0.834. The average Bonchev–Trinajstić information content (AvgIpc) is 3.12. The Morgan fingerprint density at radius 1 is 0.917 bits per heavy atom. The predicted octanol–water partition coefficient (Wildman–Crippen LogP) is 4.35. The first kappa shape index (κ1) is 16.7. The van der Waals surface area contributed by atoms with Crippen LogP contribution in [0.3, 0.4) is 0 Å². The number of benzene rings is 2. The van der Waals surface area contributed by atoms with Gasteiger partial charge in [-0.05, 0) is 6.42 Å². The molecule has 24 heavy (non-hydrogen) atoms. The Morgan fingerprint density at radius 3 is 1.46 bits per heavy atom. The molecule has 0 amide bonds. The Kier molecular flexibility index (Phi) is 4.72. The van der Waals surface area contributed by atoms with E-state index in [0.717, 1.165) is 6.42 Å². The number of rotatable bonds is 2. The molecule has 126 valence electrons. The number of nitrogens with zero attached hydrogens (tertiary/aromatic N) is 1. The summed E-state index contributed by atoms with van der Waals surface area (Å²) >= 11 is 0. The van der Waals surface area contributed by atoms with Crippen LogP contribution in [0.1, 0.15) is 42.5 Å². The van der Waals surface area contributed by atoms with Crippen molar-refractivity contribution < 1.29 is 14.4 Å². The lowest BCUT2D eigenvalue weighted by Crippen LogP contribution is -2.36. The van der Waals surface area contributed by atoms with E-state index in [0.29, 0.717) is 0 Å². The lowest BCUT2D eigenvalue weighted by Gasteiger charge is -2.28. The van der Waals surface area contributed by atoms with Gasteiger partial charge in [-0.15, -0.1) is 0 Å². The van der Waals surface area contributed by atoms with Crippen molar-refractivity contribution in [1.29, 1.82) is 0 Å². The van der Waals surface area contributed by atoms with Crippen LogP contribution in [0.2, 0.25) is 0 Å². The zero-order valence-corrected chi connectivity index (χ0v) is 14.5. The Balaban J connectivity index is 0.000000209. The number of fused-ring (bicyclic) bond motifs is 2. The Labute approximate surface area is 144 Å². The van der Waals surface area contributed by atoms with Gasteiger partial charge in [0.25, 0.3) is 0 Å². The minimum atomic E-state index is -0.706. The first-order valence-electron chi connectivity index (χ1n) is 8.74. The highest BCUT2D eigenvalue weighted by molar-refractivity contribution is 5.69. The molecule has 2 aromatic carbocycles. The lowest BCUT2D eigenvalue weighted by molar-refractivity contribution is -0.966. The number of carboxylic acids is 1. The molecule has 3 nitrogen and oxygen atoms in total. The van der Waals surface area contributed by atoms with Crippen LogP contribution in [-0.2, 0) is 31.0 Å². The Hall–Kier alpha value is -2.13. The van der Waals surface area contributed by atoms with Gasteiger partial charge in [-0.25, -0.2) is 0 Å². The maximum absolute atomic E-state index is 9.93. The molecule has 1 N–H and O–H groups in total. The van der Waals surface area contributed by atoms with Gasteiger partial charge in [-0.2, -0.15) is 0 Å². The summed E-state index contributed by atoms with van der Waals surface area (Å²) in [6.07, 6.45) is 0.718. The largest absolute Gasteiger partial charge is 0.481 e. The molecule has 1 atom stereocenters. The van der Waals surface area contributed by atoms with Crippen molar-refractivity contribution in [2.75, 3.05) is 0 Å². The van der Waals surface area contributed by atoms with E-state index >= 15 is 0 Å². The minimum Gasteiger partial charge on any atom is -0.481 e. The van der Waals surface area contributed by atoms with Gasteiger partial charge in [0.15, 0.2) is 0 Å². The third kappa shape index (κ3) is 3.36. The number of hydrogen-bond donors (Lipinski definition) is 1. The molecular formula is C21H26NO2+. The normalized spacial score (nSPS) is 17.6. The highest BCUT2D eigenvalue weighted by Crippen LogP contribution is 2.39. The molecule has 2 aliphatic heterocycles. The molecule has 0 bridgehead atoms. The van der Waals surface area contributed by atoms with Crippen LogP contribution in [0.25, 0.3) is 0 Å². The van der Waals surface area contributed by atoms with Gasteiger partial charge in [0.2, 0.25) is 0 Å². The highest BCUT2D eigenvalue weighted by atomic mass is 16.4. The molecule has 3 heteroatoms. The zero-order chi connectivity index (χ0) is 17.2.